The van der Waals surface area contributed by atoms with Crippen LogP contribution in [-0.4, -0.2) is 20.8 Å². The Hall–Kier alpha value is -2.34. The van der Waals surface area contributed by atoms with E-state index in [-0.39, 0.29) is 17.0 Å². The van der Waals surface area contributed by atoms with Gasteiger partial charge in [-0.3, -0.25) is 4.79 Å². The monoisotopic (exact) mass is 345 g/mol. The molecule has 0 spiro atoms. The van der Waals surface area contributed by atoms with E-state index in [0.29, 0.717) is 10.2 Å². The summed E-state index contributed by atoms with van der Waals surface area (Å²) >= 11 is 3.18. The predicted molar refractivity (Wildman–Crippen MR) is 78.9 cm³/mol. The molecular weight excluding hydrogens is 337 g/mol. The van der Waals surface area contributed by atoms with Crippen LogP contribution < -0.4 is 0 Å². The number of ketones is 1. The minimum atomic E-state index is -0.480. The van der Waals surface area contributed by atoms with Gasteiger partial charge in [-0.25, -0.2) is 9.07 Å². The molecule has 4 nitrogen and oxygen atoms in total. The number of halogens is 2. The summed E-state index contributed by atoms with van der Waals surface area (Å²) in [7, 11) is 0. The average molecular weight is 346 g/mol. The first-order chi connectivity index (χ1) is 10.1. The van der Waals surface area contributed by atoms with Gasteiger partial charge in [0.05, 0.1) is 11.9 Å². The number of benzene rings is 2. The number of carbonyl (C=O) groups is 1. The molecule has 0 bridgehead atoms. The summed E-state index contributed by atoms with van der Waals surface area (Å²) in [6.07, 6.45) is 1.37. The molecule has 1 heterocycles. The molecule has 3 aromatic rings. The third-order valence-electron chi connectivity index (χ3n) is 2.91. The van der Waals surface area contributed by atoms with Crippen LogP contribution in [-0.2, 0) is 0 Å². The van der Waals surface area contributed by atoms with Gasteiger partial charge in [0.15, 0.2) is 0 Å². The fourth-order valence-electron chi connectivity index (χ4n) is 1.98. The van der Waals surface area contributed by atoms with Crippen LogP contribution in [0.4, 0.5) is 4.39 Å². The zero-order chi connectivity index (χ0) is 14.8. The Kier molecular flexibility index (Phi) is 3.62. The zero-order valence-electron chi connectivity index (χ0n) is 10.7. The Morgan fingerprint density at radius 2 is 1.90 bits per heavy atom. The summed E-state index contributed by atoms with van der Waals surface area (Å²) in [6.45, 7) is 0. The van der Waals surface area contributed by atoms with Crippen molar-refractivity contribution in [1.29, 1.82) is 0 Å². The Bertz CT molecular complexity index is 781. The molecule has 0 aliphatic heterocycles. The standard InChI is InChI=1S/C15H9BrFN3O/c16-11-6-10(7-12(17)8-11)15(21)14-9-18-19-20(14)13-4-2-1-3-5-13/h1-9H. The SMILES string of the molecule is O=C(c1cc(F)cc(Br)c1)c1cnnn1-c1ccccc1. The van der Waals surface area contributed by atoms with Crippen LogP contribution >= 0.6 is 15.9 Å². The molecular formula is C15H9BrFN3O. The van der Waals surface area contributed by atoms with Crippen LogP contribution in [0, 0.1) is 5.82 Å². The summed E-state index contributed by atoms with van der Waals surface area (Å²) in [5.41, 5.74) is 1.23. The van der Waals surface area contributed by atoms with Crippen LogP contribution in [0.3, 0.4) is 0 Å². The van der Waals surface area contributed by atoms with Crippen molar-refractivity contribution in [3.63, 3.8) is 0 Å². The molecule has 0 saturated heterocycles. The van der Waals surface area contributed by atoms with E-state index in [2.05, 4.69) is 26.2 Å². The van der Waals surface area contributed by atoms with Gasteiger partial charge < -0.3 is 0 Å². The molecule has 0 unspecified atom stereocenters. The maximum Gasteiger partial charge on any atom is 0.213 e. The third kappa shape index (κ3) is 2.75. The number of rotatable bonds is 3. The first kappa shape index (κ1) is 13.6. The van der Waals surface area contributed by atoms with Crippen molar-refractivity contribution in [2.24, 2.45) is 0 Å². The van der Waals surface area contributed by atoms with Gasteiger partial charge in [0.2, 0.25) is 5.78 Å². The van der Waals surface area contributed by atoms with Crippen molar-refractivity contribution >= 4 is 21.7 Å². The van der Waals surface area contributed by atoms with Gasteiger partial charge in [0, 0.05) is 10.0 Å². The molecule has 3 rings (SSSR count). The van der Waals surface area contributed by atoms with Crippen LogP contribution in [0.25, 0.3) is 5.69 Å². The van der Waals surface area contributed by atoms with Crippen LogP contribution in [0.15, 0.2) is 59.2 Å². The lowest BCUT2D eigenvalue weighted by molar-refractivity contribution is 0.103. The van der Waals surface area contributed by atoms with Crippen molar-refractivity contribution in [3.8, 4) is 5.69 Å². The second-order valence-electron chi connectivity index (χ2n) is 4.35. The van der Waals surface area contributed by atoms with E-state index >= 15 is 0 Å². The first-order valence-corrected chi connectivity index (χ1v) is 6.91. The maximum absolute atomic E-state index is 13.4. The van der Waals surface area contributed by atoms with E-state index < -0.39 is 5.82 Å². The van der Waals surface area contributed by atoms with Gasteiger partial charge in [0.1, 0.15) is 11.5 Å². The lowest BCUT2D eigenvalue weighted by Gasteiger charge is -2.06. The fraction of sp³-hybridized carbons (Fsp3) is 0. The van der Waals surface area contributed by atoms with Gasteiger partial charge in [-0.05, 0) is 30.3 Å². The highest BCUT2D eigenvalue weighted by Gasteiger charge is 2.17. The van der Waals surface area contributed by atoms with Crippen molar-refractivity contribution in [3.05, 3.63) is 76.3 Å². The molecule has 21 heavy (non-hydrogen) atoms. The molecule has 0 atom stereocenters. The molecule has 1 aromatic heterocycles. The smallest absolute Gasteiger partial charge is 0.213 e. The quantitative estimate of drug-likeness (QED) is 0.683. The summed E-state index contributed by atoms with van der Waals surface area (Å²) in [5.74, 6) is -0.824. The van der Waals surface area contributed by atoms with E-state index in [9.17, 15) is 9.18 Å². The largest absolute Gasteiger partial charge is 0.287 e. The van der Waals surface area contributed by atoms with Gasteiger partial charge >= 0.3 is 0 Å². The van der Waals surface area contributed by atoms with Crippen molar-refractivity contribution in [1.82, 2.24) is 15.0 Å². The molecule has 0 aliphatic carbocycles. The zero-order valence-corrected chi connectivity index (χ0v) is 12.3. The second kappa shape index (κ2) is 5.57. The topological polar surface area (TPSA) is 47.8 Å². The molecule has 6 heteroatoms. The highest BCUT2D eigenvalue weighted by atomic mass is 79.9. The van der Waals surface area contributed by atoms with Gasteiger partial charge in [0.25, 0.3) is 0 Å². The third-order valence-corrected chi connectivity index (χ3v) is 3.37. The van der Waals surface area contributed by atoms with E-state index in [0.717, 1.165) is 0 Å². The minimum Gasteiger partial charge on any atom is -0.287 e. The van der Waals surface area contributed by atoms with Crippen molar-refractivity contribution in [2.45, 2.75) is 0 Å². The Morgan fingerprint density at radius 3 is 2.62 bits per heavy atom. The first-order valence-electron chi connectivity index (χ1n) is 6.12. The van der Waals surface area contributed by atoms with Crippen LogP contribution in [0.1, 0.15) is 16.1 Å². The molecule has 0 amide bonds. The van der Waals surface area contributed by atoms with E-state index in [1.807, 2.05) is 30.3 Å². The van der Waals surface area contributed by atoms with Crippen LogP contribution in [0.2, 0.25) is 0 Å². The summed E-state index contributed by atoms with van der Waals surface area (Å²) in [4.78, 5) is 12.5. The molecule has 0 aliphatic rings. The average Bonchev–Trinajstić information content (AvgIpc) is 2.95. The normalized spacial score (nSPS) is 10.6. The Balaban J connectivity index is 2.06. The van der Waals surface area contributed by atoms with Crippen molar-refractivity contribution < 1.29 is 9.18 Å². The van der Waals surface area contributed by atoms with E-state index in [1.54, 1.807) is 6.07 Å². The molecule has 0 N–H and O–H groups in total. The highest BCUT2D eigenvalue weighted by Crippen LogP contribution is 2.19. The molecule has 2 aromatic carbocycles. The Morgan fingerprint density at radius 1 is 1.14 bits per heavy atom. The number of nitrogens with zero attached hydrogens (tertiary/aromatic N) is 3. The lowest BCUT2D eigenvalue weighted by Crippen LogP contribution is -2.10. The molecule has 104 valence electrons. The van der Waals surface area contributed by atoms with E-state index in [1.165, 1.54) is 23.0 Å². The summed E-state index contributed by atoms with van der Waals surface area (Å²) < 4.78 is 15.4. The highest BCUT2D eigenvalue weighted by molar-refractivity contribution is 9.10. The van der Waals surface area contributed by atoms with Gasteiger partial charge in [-0.15, -0.1) is 5.10 Å². The minimum absolute atomic E-state index is 0.237. The second-order valence-corrected chi connectivity index (χ2v) is 5.27. The maximum atomic E-state index is 13.4. The van der Waals surface area contributed by atoms with Gasteiger partial charge in [-0.2, -0.15) is 0 Å². The predicted octanol–water partition coefficient (Wildman–Crippen LogP) is 3.40. The summed E-state index contributed by atoms with van der Waals surface area (Å²) in [6, 6.07) is 13.2. The van der Waals surface area contributed by atoms with Crippen LogP contribution in [0.5, 0.6) is 0 Å². The van der Waals surface area contributed by atoms with Gasteiger partial charge in [-0.1, -0.05) is 39.3 Å². The summed E-state index contributed by atoms with van der Waals surface area (Å²) in [5, 5.41) is 7.69. The molecule has 0 saturated carbocycles. The number of aromatic nitrogens is 3. The molecule has 0 radical (unpaired) electrons. The molecule has 0 fully saturated rings. The van der Waals surface area contributed by atoms with Crippen molar-refractivity contribution in [2.75, 3.05) is 0 Å². The number of para-hydroxylation sites is 1. The number of hydrogen-bond acceptors (Lipinski definition) is 3. The number of carbonyl (C=O) groups excluding carboxylic acids is 1. The number of hydrogen-bond donors (Lipinski definition) is 0. The Labute approximate surface area is 128 Å². The lowest BCUT2D eigenvalue weighted by atomic mass is 10.1. The fourth-order valence-corrected chi connectivity index (χ4v) is 2.45. The van der Waals surface area contributed by atoms with E-state index in [4.69, 9.17) is 0 Å².